The van der Waals surface area contributed by atoms with Crippen LogP contribution >= 0.6 is 11.6 Å². The average molecular weight is 463 g/mol. The number of hydrogen-bond acceptors (Lipinski definition) is 4. The third-order valence-electron chi connectivity index (χ3n) is 6.83. The Balaban J connectivity index is 1.53. The van der Waals surface area contributed by atoms with Gasteiger partial charge >= 0.3 is 0 Å². The van der Waals surface area contributed by atoms with Gasteiger partial charge in [-0.15, -0.1) is 0 Å². The van der Waals surface area contributed by atoms with Gasteiger partial charge in [0.1, 0.15) is 0 Å². The monoisotopic (exact) mass is 462 g/mol. The Bertz CT molecular complexity index is 1080. The van der Waals surface area contributed by atoms with Crippen LogP contribution < -0.4 is 16.4 Å². The van der Waals surface area contributed by atoms with E-state index in [9.17, 15) is 0 Å². The number of nitrogens with two attached hydrogens (primary N) is 2. The van der Waals surface area contributed by atoms with Gasteiger partial charge in [-0.05, 0) is 71.8 Å². The molecule has 0 unspecified atom stereocenters. The largest absolute Gasteiger partial charge is 0.399 e. The summed E-state index contributed by atoms with van der Waals surface area (Å²) in [7, 11) is 0. The Morgan fingerprint density at radius 2 is 1.64 bits per heavy atom. The van der Waals surface area contributed by atoms with Gasteiger partial charge in [0, 0.05) is 36.9 Å². The summed E-state index contributed by atoms with van der Waals surface area (Å²) >= 11 is 6.18. The predicted molar refractivity (Wildman–Crippen MR) is 142 cm³/mol. The summed E-state index contributed by atoms with van der Waals surface area (Å²) in [4.78, 5) is 4.99. The number of halogens is 1. The second-order valence-electron chi connectivity index (χ2n) is 8.94. The summed E-state index contributed by atoms with van der Waals surface area (Å²) in [6, 6.07) is 21.3. The molecule has 1 heterocycles. The molecule has 1 fully saturated rings. The maximum atomic E-state index is 6.38. The second kappa shape index (κ2) is 10.5. The van der Waals surface area contributed by atoms with E-state index in [-0.39, 0.29) is 6.04 Å². The summed E-state index contributed by atoms with van der Waals surface area (Å²) in [6.07, 6.45) is 3.26. The van der Waals surface area contributed by atoms with Crippen LogP contribution in [0.3, 0.4) is 0 Å². The van der Waals surface area contributed by atoms with Crippen molar-refractivity contribution in [2.24, 2.45) is 0 Å². The van der Waals surface area contributed by atoms with Crippen molar-refractivity contribution in [3.63, 3.8) is 0 Å². The Hall–Kier alpha value is -2.69. The second-order valence-corrected chi connectivity index (χ2v) is 9.38. The van der Waals surface area contributed by atoms with E-state index >= 15 is 0 Å². The zero-order chi connectivity index (χ0) is 23.4. The van der Waals surface area contributed by atoms with Gasteiger partial charge < -0.3 is 16.4 Å². The van der Waals surface area contributed by atoms with E-state index in [0.717, 1.165) is 61.8 Å². The van der Waals surface area contributed by atoms with Crippen molar-refractivity contribution in [1.29, 1.82) is 0 Å². The molecule has 0 aliphatic carbocycles. The fourth-order valence-corrected chi connectivity index (χ4v) is 5.06. The molecule has 0 saturated carbocycles. The van der Waals surface area contributed by atoms with E-state index < -0.39 is 0 Å². The van der Waals surface area contributed by atoms with Crippen LogP contribution in [0.25, 0.3) is 0 Å². The highest BCUT2D eigenvalue weighted by atomic mass is 35.5. The lowest BCUT2D eigenvalue weighted by Gasteiger charge is -2.43. The summed E-state index contributed by atoms with van der Waals surface area (Å²) < 4.78 is 0. The summed E-state index contributed by atoms with van der Waals surface area (Å²) in [5.74, 6) is 0. The van der Waals surface area contributed by atoms with Crippen molar-refractivity contribution in [3.8, 4) is 0 Å². The first kappa shape index (κ1) is 23.5. The Labute approximate surface area is 203 Å². The minimum absolute atomic E-state index is 0.204. The van der Waals surface area contributed by atoms with Gasteiger partial charge in [-0.1, -0.05) is 55.8 Å². The van der Waals surface area contributed by atoms with Crippen molar-refractivity contribution in [2.75, 3.05) is 42.5 Å². The van der Waals surface area contributed by atoms with Gasteiger partial charge in [-0.25, -0.2) is 0 Å². The first-order chi connectivity index (χ1) is 16.0. The fraction of sp³-hybridized carbons (Fsp3) is 0.357. The van der Waals surface area contributed by atoms with E-state index in [2.05, 4.69) is 54.0 Å². The Morgan fingerprint density at radius 1 is 0.879 bits per heavy atom. The molecule has 4 rings (SSSR count). The van der Waals surface area contributed by atoms with Crippen LogP contribution in [-0.2, 0) is 19.3 Å². The lowest BCUT2D eigenvalue weighted by molar-refractivity contribution is 0.226. The van der Waals surface area contributed by atoms with Gasteiger partial charge in [-0.3, -0.25) is 4.90 Å². The zero-order valence-corrected chi connectivity index (χ0v) is 20.5. The lowest BCUT2D eigenvalue weighted by Crippen LogP contribution is -2.49. The molecule has 1 atom stereocenters. The molecule has 3 aromatic carbocycles. The highest BCUT2D eigenvalue weighted by molar-refractivity contribution is 6.30. The standard InChI is InChI=1S/C28H35ClN4/c1-3-21-6-5-20(17-22(21)4-2)13-14-32-15-16-33(27-12-11-25(30)18-26(27)31)28(19-32)23-7-9-24(29)10-8-23/h5-12,17-18,28H,3-4,13-16,19,30-31H2,1-2H3/t28-/m0/s1. The summed E-state index contributed by atoms with van der Waals surface area (Å²) in [5.41, 5.74) is 20.4. The topological polar surface area (TPSA) is 58.5 Å². The quantitative estimate of drug-likeness (QED) is 0.440. The lowest BCUT2D eigenvalue weighted by atomic mass is 9.98. The molecule has 1 aliphatic rings. The highest BCUT2D eigenvalue weighted by Gasteiger charge is 2.29. The maximum absolute atomic E-state index is 6.38. The van der Waals surface area contributed by atoms with Crippen LogP contribution in [0.5, 0.6) is 0 Å². The predicted octanol–water partition coefficient (Wildman–Crippen LogP) is 5.74. The molecular weight excluding hydrogens is 428 g/mol. The first-order valence-electron chi connectivity index (χ1n) is 12.0. The summed E-state index contributed by atoms with van der Waals surface area (Å²) in [6.45, 7) is 8.39. The Morgan fingerprint density at radius 3 is 2.33 bits per heavy atom. The van der Waals surface area contributed by atoms with Crippen LogP contribution in [0.2, 0.25) is 5.02 Å². The van der Waals surface area contributed by atoms with Crippen LogP contribution in [0.15, 0.2) is 60.7 Å². The van der Waals surface area contributed by atoms with Crippen molar-refractivity contribution < 1.29 is 0 Å². The third-order valence-corrected chi connectivity index (χ3v) is 7.08. The van der Waals surface area contributed by atoms with Crippen LogP contribution in [0.1, 0.15) is 42.1 Å². The number of anilines is 3. The molecule has 3 aromatic rings. The van der Waals surface area contributed by atoms with Crippen LogP contribution in [0.4, 0.5) is 17.1 Å². The molecule has 0 radical (unpaired) electrons. The van der Waals surface area contributed by atoms with Gasteiger partial charge in [-0.2, -0.15) is 0 Å². The molecular formula is C28H35ClN4. The molecule has 5 heteroatoms. The van der Waals surface area contributed by atoms with E-state index in [1.165, 1.54) is 22.3 Å². The van der Waals surface area contributed by atoms with Crippen molar-refractivity contribution in [3.05, 3.63) is 87.9 Å². The highest BCUT2D eigenvalue weighted by Crippen LogP contribution is 2.35. The SMILES string of the molecule is CCc1ccc(CCN2CCN(c3ccc(N)cc3N)[C@H](c3ccc(Cl)cc3)C2)cc1CC. The average Bonchev–Trinajstić information content (AvgIpc) is 2.83. The number of rotatable bonds is 7. The summed E-state index contributed by atoms with van der Waals surface area (Å²) in [5, 5.41) is 0.757. The normalized spacial score (nSPS) is 16.8. The van der Waals surface area contributed by atoms with Gasteiger partial charge in [0.15, 0.2) is 0 Å². The molecule has 0 aromatic heterocycles. The number of piperazine rings is 1. The third kappa shape index (κ3) is 5.45. The molecule has 4 N–H and O–H groups in total. The van der Waals surface area contributed by atoms with Gasteiger partial charge in [0.05, 0.1) is 17.4 Å². The number of nitrogen functional groups attached to an aromatic ring is 2. The minimum Gasteiger partial charge on any atom is -0.399 e. The molecule has 0 spiro atoms. The molecule has 0 bridgehead atoms. The molecule has 0 amide bonds. The van der Waals surface area contributed by atoms with E-state index in [1.54, 1.807) is 0 Å². The molecule has 174 valence electrons. The van der Waals surface area contributed by atoms with Crippen molar-refractivity contribution >= 4 is 28.7 Å². The zero-order valence-electron chi connectivity index (χ0n) is 19.7. The molecule has 4 nitrogen and oxygen atoms in total. The smallest absolute Gasteiger partial charge is 0.0670 e. The minimum atomic E-state index is 0.204. The Kier molecular flexibility index (Phi) is 7.46. The van der Waals surface area contributed by atoms with Crippen LogP contribution in [-0.4, -0.2) is 31.1 Å². The number of hydrogen-bond donors (Lipinski definition) is 2. The fourth-order valence-electron chi connectivity index (χ4n) is 4.93. The van der Waals surface area contributed by atoms with E-state index in [1.807, 2.05) is 30.3 Å². The van der Waals surface area contributed by atoms with Gasteiger partial charge in [0.25, 0.3) is 0 Å². The number of benzene rings is 3. The van der Waals surface area contributed by atoms with Crippen LogP contribution in [0, 0.1) is 0 Å². The van der Waals surface area contributed by atoms with Crippen molar-refractivity contribution in [1.82, 2.24) is 4.90 Å². The molecule has 1 aliphatic heterocycles. The van der Waals surface area contributed by atoms with Crippen molar-refractivity contribution in [2.45, 2.75) is 39.2 Å². The number of aryl methyl sites for hydroxylation is 2. The first-order valence-corrected chi connectivity index (χ1v) is 12.4. The molecule has 33 heavy (non-hydrogen) atoms. The molecule has 1 saturated heterocycles. The maximum Gasteiger partial charge on any atom is 0.0670 e. The van der Waals surface area contributed by atoms with E-state index in [4.69, 9.17) is 23.1 Å². The number of nitrogens with zero attached hydrogens (tertiary/aromatic N) is 2. The van der Waals surface area contributed by atoms with E-state index in [0.29, 0.717) is 5.69 Å². The van der Waals surface area contributed by atoms with Gasteiger partial charge in [0.2, 0.25) is 0 Å².